The quantitative estimate of drug-likeness (QED) is 0.865. The Morgan fingerprint density at radius 1 is 1.37 bits per heavy atom. The highest BCUT2D eigenvalue weighted by Crippen LogP contribution is 2.35. The van der Waals surface area contributed by atoms with Gasteiger partial charge in [-0.3, -0.25) is 0 Å². The Morgan fingerprint density at radius 2 is 2.21 bits per heavy atom. The minimum absolute atomic E-state index is 0.454. The highest BCUT2D eigenvalue weighted by atomic mass is 35.5. The standard InChI is InChI=1S/C14H18ClN3S/c1-8-9(2)19-14-12(8)13(16-7-17-14)18-11-5-3-4-10(11)6-15/h7,10-11H,3-6H2,1-2H3,(H,16,17,18). The van der Waals surface area contributed by atoms with Crippen LogP contribution in [0, 0.1) is 19.8 Å². The van der Waals surface area contributed by atoms with Crippen LogP contribution in [-0.2, 0) is 0 Å². The molecular formula is C14H18ClN3S. The van der Waals surface area contributed by atoms with E-state index in [0.717, 1.165) is 16.5 Å². The van der Waals surface area contributed by atoms with Crippen LogP contribution >= 0.6 is 22.9 Å². The Bertz CT molecular complexity index is 596. The van der Waals surface area contributed by atoms with Crippen LogP contribution in [0.5, 0.6) is 0 Å². The number of thiophene rings is 1. The minimum Gasteiger partial charge on any atom is -0.366 e. The van der Waals surface area contributed by atoms with Gasteiger partial charge in [-0.2, -0.15) is 0 Å². The van der Waals surface area contributed by atoms with Gasteiger partial charge < -0.3 is 5.32 Å². The molecule has 102 valence electrons. The van der Waals surface area contributed by atoms with Gasteiger partial charge in [0.05, 0.1) is 5.39 Å². The molecule has 2 aromatic rings. The van der Waals surface area contributed by atoms with Gasteiger partial charge in [0.1, 0.15) is 17.0 Å². The zero-order chi connectivity index (χ0) is 13.4. The number of fused-ring (bicyclic) bond motifs is 1. The van der Waals surface area contributed by atoms with Gasteiger partial charge >= 0.3 is 0 Å². The van der Waals surface area contributed by atoms with Gasteiger partial charge in [-0.15, -0.1) is 22.9 Å². The molecule has 5 heteroatoms. The summed E-state index contributed by atoms with van der Waals surface area (Å²) >= 11 is 7.79. The monoisotopic (exact) mass is 295 g/mol. The van der Waals surface area contributed by atoms with Crippen LogP contribution in [-0.4, -0.2) is 21.9 Å². The number of alkyl halides is 1. The van der Waals surface area contributed by atoms with E-state index in [9.17, 15) is 0 Å². The fraction of sp³-hybridized carbons (Fsp3) is 0.571. The molecular weight excluding hydrogens is 278 g/mol. The van der Waals surface area contributed by atoms with E-state index >= 15 is 0 Å². The van der Waals surface area contributed by atoms with Crippen molar-refractivity contribution in [1.82, 2.24) is 9.97 Å². The fourth-order valence-corrected chi connectivity index (χ4v) is 4.25. The van der Waals surface area contributed by atoms with Gasteiger partial charge in [0.15, 0.2) is 0 Å². The van der Waals surface area contributed by atoms with Crippen molar-refractivity contribution in [2.75, 3.05) is 11.2 Å². The van der Waals surface area contributed by atoms with Crippen molar-refractivity contribution >= 4 is 39.0 Å². The molecule has 1 saturated carbocycles. The molecule has 2 unspecified atom stereocenters. The van der Waals surface area contributed by atoms with Crippen LogP contribution in [0.4, 0.5) is 5.82 Å². The lowest BCUT2D eigenvalue weighted by Crippen LogP contribution is -2.25. The number of halogens is 1. The summed E-state index contributed by atoms with van der Waals surface area (Å²) < 4.78 is 0. The van der Waals surface area contributed by atoms with Gasteiger partial charge in [0, 0.05) is 16.8 Å². The second-order valence-corrected chi connectivity index (χ2v) is 6.79. The summed E-state index contributed by atoms with van der Waals surface area (Å²) in [5.74, 6) is 2.27. The van der Waals surface area contributed by atoms with E-state index in [0.29, 0.717) is 12.0 Å². The maximum Gasteiger partial charge on any atom is 0.138 e. The van der Waals surface area contributed by atoms with E-state index in [1.54, 1.807) is 17.7 Å². The van der Waals surface area contributed by atoms with Gasteiger partial charge in [-0.25, -0.2) is 9.97 Å². The lowest BCUT2D eigenvalue weighted by atomic mass is 10.1. The average molecular weight is 296 g/mol. The van der Waals surface area contributed by atoms with Crippen LogP contribution in [0.2, 0.25) is 0 Å². The normalized spacial score (nSPS) is 23.1. The molecule has 0 saturated heterocycles. The van der Waals surface area contributed by atoms with Gasteiger partial charge in [-0.05, 0) is 38.2 Å². The first-order chi connectivity index (χ1) is 9.20. The van der Waals surface area contributed by atoms with Crippen LogP contribution in [0.25, 0.3) is 10.2 Å². The summed E-state index contributed by atoms with van der Waals surface area (Å²) in [5.41, 5.74) is 1.29. The van der Waals surface area contributed by atoms with E-state index in [2.05, 4.69) is 29.1 Å². The molecule has 3 rings (SSSR count). The molecule has 19 heavy (non-hydrogen) atoms. The van der Waals surface area contributed by atoms with Crippen LogP contribution in [0.1, 0.15) is 29.7 Å². The van der Waals surface area contributed by atoms with Crippen molar-refractivity contribution < 1.29 is 0 Å². The zero-order valence-electron chi connectivity index (χ0n) is 11.2. The van der Waals surface area contributed by atoms with Crippen molar-refractivity contribution in [3.05, 3.63) is 16.8 Å². The van der Waals surface area contributed by atoms with Crippen LogP contribution in [0.3, 0.4) is 0 Å². The van der Waals surface area contributed by atoms with E-state index in [4.69, 9.17) is 11.6 Å². The second kappa shape index (κ2) is 5.25. The molecule has 1 aliphatic carbocycles. The van der Waals surface area contributed by atoms with E-state index in [1.165, 1.54) is 35.1 Å². The summed E-state index contributed by atoms with van der Waals surface area (Å²) in [4.78, 5) is 11.2. The summed E-state index contributed by atoms with van der Waals surface area (Å²) in [5, 5.41) is 4.80. The number of nitrogens with one attached hydrogen (secondary N) is 1. The molecule has 0 aromatic carbocycles. The highest BCUT2D eigenvalue weighted by Gasteiger charge is 2.27. The third kappa shape index (κ3) is 2.32. The predicted octanol–water partition coefficient (Wildman–Crippen LogP) is 4.13. The third-order valence-corrected chi connectivity index (χ3v) is 5.66. The topological polar surface area (TPSA) is 37.8 Å². The summed E-state index contributed by atoms with van der Waals surface area (Å²) in [7, 11) is 0. The number of hydrogen-bond donors (Lipinski definition) is 1. The summed E-state index contributed by atoms with van der Waals surface area (Å²) in [6.45, 7) is 4.29. The molecule has 2 atom stereocenters. The van der Waals surface area contributed by atoms with Crippen molar-refractivity contribution in [3.8, 4) is 0 Å². The maximum atomic E-state index is 6.05. The smallest absolute Gasteiger partial charge is 0.138 e. The van der Waals surface area contributed by atoms with Crippen LogP contribution in [0.15, 0.2) is 6.33 Å². The molecule has 3 nitrogen and oxygen atoms in total. The summed E-state index contributed by atoms with van der Waals surface area (Å²) in [6, 6.07) is 0.454. The Kier molecular flexibility index (Phi) is 3.63. The van der Waals surface area contributed by atoms with Crippen molar-refractivity contribution in [2.45, 2.75) is 39.2 Å². The first kappa shape index (κ1) is 13.1. The number of nitrogens with zero attached hydrogens (tertiary/aromatic N) is 2. The molecule has 0 aliphatic heterocycles. The van der Waals surface area contributed by atoms with Crippen LogP contribution < -0.4 is 5.32 Å². The number of anilines is 1. The van der Waals surface area contributed by atoms with E-state index < -0.39 is 0 Å². The number of aryl methyl sites for hydroxylation is 2. The Labute approximate surface area is 122 Å². The number of hydrogen-bond acceptors (Lipinski definition) is 4. The molecule has 1 aliphatic rings. The van der Waals surface area contributed by atoms with Crippen molar-refractivity contribution in [1.29, 1.82) is 0 Å². The number of rotatable bonds is 3. The fourth-order valence-electron chi connectivity index (χ4n) is 2.88. The molecule has 1 N–H and O–H groups in total. The van der Waals surface area contributed by atoms with Gasteiger partial charge in [0.2, 0.25) is 0 Å². The molecule has 0 spiro atoms. The average Bonchev–Trinajstić information content (AvgIpc) is 2.96. The molecule has 2 aromatic heterocycles. The maximum absolute atomic E-state index is 6.05. The lowest BCUT2D eigenvalue weighted by Gasteiger charge is -2.20. The largest absolute Gasteiger partial charge is 0.366 e. The SMILES string of the molecule is Cc1sc2ncnc(NC3CCCC3CCl)c2c1C. The van der Waals surface area contributed by atoms with E-state index in [-0.39, 0.29) is 0 Å². The molecule has 0 amide bonds. The molecule has 1 fully saturated rings. The lowest BCUT2D eigenvalue weighted by molar-refractivity contribution is 0.561. The second-order valence-electron chi connectivity index (χ2n) is 5.28. The zero-order valence-corrected chi connectivity index (χ0v) is 12.8. The first-order valence-electron chi connectivity index (χ1n) is 6.74. The van der Waals surface area contributed by atoms with Crippen molar-refractivity contribution in [2.24, 2.45) is 5.92 Å². The molecule has 2 heterocycles. The summed E-state index contributed by atoms with van der Waals surface area (Å²) in [6.07, 6.45) is 5.32. The minimum atomic E-state index is 0.454. The molecule has 0 bridgehead atoms. The number of aromatic nitrogens is 2. The molecule has 0 radical (unpaired) electrons. The van der Waals surface area contributed by atoms with E-state index in [1.807, 2.05) is 0 Å². The van der Waals surface area contributed by atoms with Crippen molar-refractivity contribution in [3.63, 3.8) is 0 Å². The Morgan fingerprint density at radius 3 is 3.00 bits per heavy atom. The Hall–Kier alpha value is -0.870. The third-order valence-electron chi connectivity index (χ3n) is 4.14. The highest BCUT2D eigenvalue weighted by molar-refractivity contribution is 7.18. The van der Waals surface area contributed by atoms with Gasteiger partial charge in [0.25, 0.3) is 0 Å². The Balaban J connectivity index is 1.96. The van der Waals surface area contributed by atoms with Gasteiger partial charge in [-0.1, -0.05) is 6.42 Å². The predicted molar refractivity (Wildman–Crippen MR) is 82.4 cm³/mol. The first-order valence-corrected chi connectivity index (χ1v) is 8.09.